The molecule has 1 N–H and O–H groups in total. The highest BCUT2D eigenvalue weighted by atomic mass is 19.2. The van der Waals surface area contributed by atoms with Gasteiger partial charge in [-0.25, -0.2) is 65.9 Å². The molecule has 1 nitrogen and oxygen atoms in total. The Morgan fingerprint density at radius 1 is 0.341 bits per heavy atom. The van der Waals surface area contributed by atoms with Gasteiger partial charge >= 0.3 is 0 Å². The first kappa shape index (κ1) is 30.8. The average Bonchev–Trinajstić information content (AvgIpc) is 3.38. The van der Waals surface area contributed by atoms with Gasteiger partial charge in [-0.1, -0.05) is 0 Å². The van der Waals surface area contributed by atoms with Crippen molar-refractivity contribution in [2.45, 2.75) is 13.8 Å². The van der Waals surface area contributed by atoms with Gasteiger partial charge in [0.15, 0.2) is 69.8 Å². The minimum atomic E-state index is -2.76. The monoisotopic (exact) mass is 643 g/mol. The maximum absolute atomic E-state index is 15.2. The minimum absolute atomic E-state index is 0.204. The number of aryl methyl sites for hydroxylation is 1. The molecular weight excluding hydrogens is 635 g/mol. The summed E-state index contributed by atoms with van der Waals surface area (Å²) in [7, 11) is 0. The van der Waals surface area contributed by atoms with Crippen LogP contribution in [0.4, 0.5) is 65.9 Å². The number of H-pyrrole nitrogens is 1. The van der Waals surface area contributed by atoms with Crippen LogP contribution >= 0.6 is 0 Å². The van der Waals surface area contributed by atoms with Gasteiger partial charge in [-0.15, -0.1) is 0 Å². The van der Waals surface area contributed by atoms with Crippen molar-refractivity contribution in [2.75, 3.05) is 0 Å². The molecule has 5 rings (SSSR count). The molecule has 230 valence electrons. The van der Waals surface area contributed by atoms with Crippen LogP contribution in [0, 0.1) is 101 Å². The molecule has 5 aromatic rings. The predicted molar refractivity (Wildman–Crippen MR) is 123 cm³/mol. The molecule has 1 heterocycles. The van der Waals surface area contributed by atoms with Gasteiger partial charge in [0.2, 0.25) is 17.5 Å². The van der Waals surface area contributed by atoms with Gasteiger partial charge in [0.25, 0.3) is 0 Å². The van der Waals surface area contributed by atoms with Crippen LogP contribution in [0.5, 0.6) is 0 Å². The van der Waals surface area contributed by atoms with Gasteiger partial charge in [-0.2, -0.15) is 0 Å². The number of aromatic amines is 1. The fourth-order valence-electron chi connectivity index (χ4n) is 4.98. The van der Waals surface area contributed by atoms with Crippen LogP contribution in [0.15, 0.2) is 6.07 Å². The molecular formula is C28H8F15N. The van der Waals surface area contributed by atoms with E-state index in [9.17, 15) is 39.5 Å². The highest BCUT2D eigenvalue weighted by Crippen LogP contribution is 2.51. The fourth-order valence-corrected chi connectivity index (χ4v) is 4.98. The van der Waals surface area contributed by atoms with Crippen LogP contribution in [-0.4, -0.2) is 4.98 Å². The number of aromatic nitrogens is 1. The molecule has 1 aromatic heterocycles. The summed E-state index contributed by atoms with van der Waals surface area (Å²) < 4.78 is 219. The Morgan fingerprint density at radius 2 is 0.614 bits per heavy atom. The first-order chi connectivity index (χ1) is 20.4. The summed E-state index contributed by atoms with van der Waals surface area (Å²) in [4.78, 5) is 2.26. The number of nitrogens with one attached hydrogen (secondary N) is 1. The van der Waals surface area contributed by atoms with Gasteiger partial charge in [0, 0.05) is 27.8 Å². The van der Waals surface area contributed by atoms with Crippen molar-refractivity contribution in [1.82, 2.24) is 4.98 Å². The average molecular weight is 643 g/mol. The number of rotatable bonds is 3. The lowest BCUT2D eigenvalue weighted by atomic mass is 9.82. The summed E-state index contributed by atoms with van der Waals surface area (Å²) in [6, 6.07) is 0.827. The van der Waals surface area contributed by atoms with Crippen LogP contribution < -0.4 is 0 Å². The summed E-state index contributed by atoms with van der Waals surface area (Å²) >= 11 is 0. The van der Waals surface area contributed by atoms with Crippen molar-refractivity contribution in [1.29, 1.82) is 0 Å². The third-order valence-corrected chi connectivity index (χ3v) is 6.85. The molecule has 0 spiro atoms. The third-order valence-electron chi connectivity index (χ3n) is 6.85. The first-order valence-corrected chi connectivity index (χ1v) is 11.7. The first-order valence-electron chi connectivity index (χ1n) is 11.7. The van der Waals surface area contributed by atoms with Crippen molar-refractivity contribution in [3.8, 4) is 33.4 Å². The standard InChI is InChI=1S/C28H8F15N/c1-4-3-6-7(10-13(29)19(35)25(41)20(36)14(10)30)5(2)8(11-15(31)21(37)26(42)22(38)16(11)32)9(28(6)44-4)12-17(33)23(39)27(43)24(40)18(12)34/h3,44H,1-2H3. The van der Waals surface area contributed by atoms with Gasteiger partial charge in [0.1, 0.15) is 0 Å². The fraction of sp³-hybridized carbons (Fsp3) is 0.0714. The Labute approximate surface area is 234 Å². The lowest BCUT2D eigenvalue weighted by Crippen LogP contribution is -2.10. The zero-order valence-corrected chi connectivity index (χ0v) is 21.2. The molecule has 0 fully saturated rings. The van der Waals surface area contributed by atoms with E-state index in [-0.39, 0.29) is 5.69 Å². The molecule has 0 aliphatic carbocycles. The van der Waals surface area contributed by atoms with Crippen molar-refractivity contribution in [3.63, 3.8) is 0 Å². The number of hydrogen-bond donors (Lipinski definition) is 1. The molecule has 0 atom stereocenters. The molecule has 0 saturated heterocycles. The highest BCUT2D eigenvalue weighted by molar-refractivity contribution is 6.12. The zero-order chi connectivity index (χ0) is 32.8. The second kappa shape index (κ2) is 10.2. The van der Waals surface area contributed by atoms with E-state index in [0.717, 1.165) is 13.0 Å². The second-order valence-corrected chi connectivity index (χ2v) is 9.33. The number of halogens is 15. The Balaban J connectivity index is 2.19. The van der Waals surface area contributed by atoms with Crippen molar-refractivity contribution in [2.24, 2.45) is 0 Å². The molecule has 4 aromatic carbocycles. The number of hydrogen-bond acceptors (Lipinski definition) is 0. The van der Waals surface area contributed by atoms with Crippen LogP contribution in [0.3, 0.4) is 0 Å². The Kier molecular flexibility index (Phi) is 7.17. The van der Waals surface area contributed by atoms with Gasteiger partial charge in [-0.3, -0.25) is 0 Å². The summed E-state index contributed by atoms with van der Waals surface area (Å²) in [6.07, 6.45) is 0. The van der Waals surface area contributed by atoms with E-state index >= 15 is 26.3 Å². The molecule has 44 heavy (non-hydrogen) atoms. The highest BCUT2D eigenvalue weighted by Gasteiger charge is 2.37. The van der Waals surface area contributed by atoms with Gasteiger partial charge in [0.05, 0.1) is 22.2 Å². The minimum Gasteiger partial charge on any atom is -0.358 e. The van der Waals surface area contributed by atoms with Crippen LogP contribution in [0.2, 0.25) is 0 Å². The SMILES string of the molecule is Cc1cc2c(-c3c(F)c(F)c(F)c(F)c3F)c(C)c(-c3c(F)c(F)c(F)c(F)c3F)c(-c3c(F)c(F)c(F)c(F)c3F)c2[nH]1. The predicted octanol–water partition coefficient (Wildman–Crippen LogP) is 9.87. The Morgan fingerprint density at radius 3 is 0.955 bits per heavy atom. The van der Waals surface area contributed by atoms with Crippen LogP contribution in [0.1, 0.15) is 11.3 Å². The normalized spacial score (nSPS) is 11.8. The molecule has 0 saturated carbocycles. The summed E-state index contributed by atoms with van der Waals surface area (Å²) in [5.41, 5.74) is -12.6. The second-order valence-electron chi connectivity index (χ2n) is 9.33. The summed E-state index contributed by atoms with van der Waals surface area (Å²) in [6.45, 7) is 1.66. The third kappa shape index (κ3) is 3.99. The molecule has 0 radical (unpaired) electrons. The largest absolute Gasteiger partial charge is 0.358 e. The smallest absolute Gasteiger partial charge is 0.200 e. The molecule has 16 heteroatoms. The van der Waals surface area contributed by atoms with E-state index in [1.807, 2.05) is 0 Å². The molecule has 0 amide bonds. The topological polar surface area (TPSA) is 15.8 Å². The maximum Gasteiger partial charge on any atom is 0.200 e. The van der Waals surface area contributed by atoms with Crippen molar-refractivity contribution in [3.05, 3.63) is 105 Å². The van der Waals surface area contributed by atoms with E-state index in [1.165, 1.54) is 0 Å². The number of benzene rings is 4. The number of fused-ring (bicyclic) bond motifs is 1. The molecule has 0 bridgehead atoms. The van der Waals surface area contributed by atoms with E-state index in [2.05, 4.69) is 4.98 Å². The quantitative estimate of drug-likeness (QED) is 0.115. The molecule has 0 aliphatic heterocycles. The summed E-state index contributed by atoms with van der Waals surface area (Å²) in [5.74, 6) is -39.8. The lowest BCUT2D eigenvalue weighted by molar-refractivity contribution is 0.380. The van der Waals surface area contributed by atoms with E-state index in [4.69, 9.17) is 0 Å². The van der Waals surface area contributed by atoms with E-state index in [0.29, 0.717) is 6.92 Å². The van der Waals surface area contributed by atoms with Crippen molar-refractivity contribution >= 4 is 10.9 Å². The lowest BCUT2D eigenvalue weighted by Gasteiger charge is -2.22. The van der Waals surface area contributed by atoms with Gasteiger partial charge in [-0.05, 0) is 25.5 Å². The van der Waals surface area contributed by atoms with Crippen LogP contribution in [-0.2, 0) is 0 Å². The van der Waals surface area contributed by atoms with Crippen LogP contribution in [0.25, 0.3) is 44.3 Å². The Bertz CT molecular complexity index is 2010. The molecule has 0 unspecified atom stereocenters. The maximum atomic E-state index is 15.2. The molecule has 0 aliphatic rings. The van der Waals surface area contributed by atoms with Gasteiger partial charge < -0.3 is 4.98 Å². The summed E-state index contributed by atoms with van der Waals surface area (Å²) in [5, 5.41) is -0.783. The van der Waals surface area contributed by atoms with E-state index < -0.39 is 137 Å². The zero-order valence-electron chi connectivity index (χ0n) is 21.2. The Hall–Kier alpha value is -4.63. The van der Waals surface area contributed by atoms with E-state index in [1.54, 1.807) is 0 Å². The van der Waals surface area contributed by atoms with Crippen molar-refractivity contribution < 1.29 is 65.9 Å².